The van der Waals surface area contributed by atoms with Crippen LogP contribution in [-0.4, -0.2) is 9.97 Å². The molecule has 1 aromatic carbocycles. The highest BCUT2D eigenvalue weighted by Crippen LogP contribution is 2.20. The lowest BCUT2D eigenvalue weighted by Crippen LogP contribution is -2.07. The van der Waals surface area contributed by atoms with Gasteiger partial charge in [-0.3, -0.25) is 4.79 Å². The van der Waals surface area contributed by atoms with Gasteiger partial charge < -0.3 is 4.98 Å². The summed E-state index contributed by atoms with van der Waals surface area (Å²) in [6.07, 6.45) is 1.18. The summed E-state index contributed by atoms with van der Waals surface area (Å²) in [5.41, 5.74) is -0.255. The Hall–Kier alpha value is -1.23. The lowest BCUT2D eigenvalue weighted by Gasteiger charge is -1.98. The Morgan fingerprint density at radius 3 is 3.00 bits per heavy atom. The van der Waals surface area contributed by atoms with Crippen LogP contribution in [0.15, 0.2) is 27.7 Å². The van der Waals surface area contributed by atoms with Crippen molar-refractivity contribution in [2.24, 2.45) is 0 Å². The molecule has 0 bridgehead atoms. The molecule has 0 aliphatic carbocycles. The Morgan fingerprint density at radius 1 is 1.46 bits per heavy atom. The van der Waals surface area contributed by atoms with Gasteiger partial charge in [0.1, 0.15) is 5.52 Å². The van der Waals surface area contributed by atoms with E-state index in [9.17, 15) is 9.18 Å². The average Bonchev–Trinajstić information content (AvgIpc) is 2.12. The van der Waals surface area contributed by atoms with Crippen LogP contribution in [0, 0.1) is 5.82 Å². The molecule has 0 unspecified atom stereocenters. The fraction of sp³-hybridized carbons (Fsp3) is 0. The Morgan fingerprint density at radius 2 is 2.23 bits per heavy atom. The highest BCUT2D eigenvalue weighted by Gasteiger charge is 2.07. The summed E-state index contributed by atoms with van der Waals surface area (Å²) >= 11 is 3.01. The molecule has 0 atom stereocenters. The molecule has 1 aromatic heterocycles. The number of fused-ring (bicyclic) bond motifs is 1. The maximum Gasteiger partial charge on any atom is 0.258 e. The van der Waals surface area contributed by atoms with Gasteiger partial charge in [0.25, 0.3) is 5.56 Å². The predicted octanol–water partition coefficient (Wildman–Crippen LogP) is 1.82. The summed E-state index contributed by atoms with van der Waals surface area (Å²) in [7, 11) is 0. The molecule has 0 radical (unpaired) electrons. The zero-order chi connectivity index (χ0) is 9.42. The standard InChI is InChI=1S/C8H4BrFN2O/c9-5-2-1-4-7(6(5)10)11-3-12-8(4)13/h1-3H,(H,11,12,13). The van der Waals surface area contributed by atoms with Crippen molar-refractivity contribution < 1.29 is 4.39 Å². The largest absolute Gasteiger partial charge is 0.313 e. The van der Waals surface area contributed by atoms with Crippen molar-refractivity contribution in [1.82, 2.24) is 9.97 Å². The Bertz CT molecular complexity index is 523. The number of aromatic amines is 1. The van der Waals surface area contributed by atoms with Gasteiger partial charge in [-0.2, -0.15) is 0 Å². The molecule has 0 aliphatic heterocycles. The first-order valence-electron chi connectivity index (χ1n) is 3.51. The normalized spacial score (nSPS) is 10.6. The molecular formula is C8H4BrFN2O. The van der Waals surface area contributed by atoms with Crippen molar-refractivity contribution >= 4 is 26.8 Å². The fourth-order valence-electron chi connectivity index (χ4n) is 1.08. The highest BCUT2D eigenvalue weighted by molar-refractivity contribution is 9.10. The number of benzene rings is 1. The monoisotopic (exact) mass is 242 g/mol. The first-order valence-corrected chi connectivity index (χ1v) is 4.31. The van der Waals surface area contributed by atoms with Gasteiger partial charge in [-0.1, -0.05) is 0 Å². The molecule has 0 aliphatic rings. The number of nitrogens with one attached hydrogen (secondary N) is 1. The van der Waals surface area contributed by atoms with Crippen LogP contribution in [0.5, 0.6) is 0 Å². The van der Waals surface area contributed by atoms with Gasteiger partial charge in [-0.15, -0.1) is 0 Å². The van der Waals surface area contributed by atoms with E-state index in [2.05, 4.69) is 25.9 Å². The van der Waals surface area contributed by atoms with Gasteiger partial charge in [0.15, 0.2) is 5.82 Å². The summed E-state index contributed by atoms with van der Waals surface area (Å²) in [6.45, 7) is 0. The van der Waals surface area contributed by atoms with E-state index in [4.69, 9.17) is 0 Å². The Labute approximate surface area is 80.7 Å². The fourth-order valence-corrected chi connectivity index (χ4v) is 1.40. The summed E-state index contributed by atoms with van der Waals surface area (Å²) in [5.74, 6) is -0.511. The van der Waals surface area contributed by atoms with Crippen LogP contribution in [0.25, 0.3) is 10.9 Å². The molecule has 0 saturated carbocycles. The third-order valence-electron chi connectivity index (χ3n) is 1.70. The number of H-pyrrole nitrogens is 1. The molecule has 3 nitrogen and oxygen atoms in total. The number of hydrogen-bond donors (Lipinski definition) is 1. The predicted molar refractivity (Wildman–Crippen MR) is 50.0 cm³/mol. The maximum atomic E-state index is 13.3. The lowest BCUT2D eigenvalue weighted by atomic mass is 10.2. The molecule has 2 aromatic rings. The molecule has 5 heteroatoms. The number of halogens is 2. The van der Waals surface area contributed by atoms with Crippen LogP contribution in [0.3, 0.4) is 0 Å². The van der Waals surface area contributed by atoms with Gasteiger partial charge in [0.2, 0.25) is 0 Å². The molecule has 13 heavy (non-hydrogen) atoms. The van der Waals surface area contributed by atoms with Crippen molar-refractivity contribution in [3.63, 3.8) is 0 Å². The minimum atomic E-state index is -0.511. The van der Waals surface area contributed by atoms with E-state index in [-0.39, 0.29) is 16.5 Å². The van der Waals surface area contributed by atoms with E-state index in [0.717, 1.165) is 0 Å². The molecule has 1 N–H and O–H groups in total. The van der Waals surface area contributed by atoms with Gasteiger partial charge in [-0.05, 0) is 28.1 Å². The lowest BCUT2D eigenvalue weighted by molar-refractivity contribution is 0.630. The third-order valence-corrected chi connectivity index (χ3v) is 2.32. The van der Waals surface area contributed by atoms with Gasteiger partial charge in [-0.25, -0.2) is 9.37 Å². The van der Waals surface area contributed by atoms with Crippen LogP contribution in [-0.2, 0) is 0 Å². The van der Waals surface area contributed by atoms with Crippen molar-refractivity contribution in [3.8, 4) is 0 Å². The van der Waals surface area contributed by atoms with Gasteiger partial charge in [0.05, 0.1) is 16.2 Å². The van der Waals surface area contributed by atoms with Crippen LogP contribution < -0.4 is 5.56 Å². The van der Waals surface area contributed by atoms with Crippen LogP contribution in [0.4, 0.5) is 4.39 Å². The summed E-state index contributed by atoms with van der Waals surface area (Å²) in [4.78, 5) is 17.3. The molecule has 2 rings (SSSR count). The summed E-state index contributed by atoms with van der Waals surface area (Å²) in [5, 5.41) is 0.253. The van der Waals surface area contributed by atoms with Gasteiger partial charge in [0, 0.05) is 0 Å². The number of rotatable bonds is 0. The first-order chi connectivity index (χ1) is 6.20. The van der Waals surface area contributed by atoms with Crippen molar-refractivity contribution in [3.05, 3.63) is 39.1 Å². The molecule has 0 fully saturated rings. The van der Waals surface area contributed by atoms with Crippen molar-refractivity contribution in [2.45, 2.75) is 0 Å². The van der Waals surface area contributed by atoms with Crippen LogP contribution in [0.1, 0.15) is 0 Å². The number of nitrogens with zero attached hydrogens (tertiary/aromatic N) is 1. The molecule has 0 amide bonds. The zero-order valence-electron chi connectivity index (χ0n) is 6.34. The maximum absolute atomic E-state index is 13.3. The quantitative estimate of drug-likeness (QED) is 0.767. The van der Waals surface area contributed by atoms with Crippen LogP contribution in [0.2, 0.25) is 0 Å². The highest BCUT2D eigenvalue weighted by atomic mass is 79.9. The smallest absolute Gasteiger partial charge is 0.258 e. The number of hydrogen-bond acceptors (Lipinski definition) is 2. The van der Waals surface area contributed by atoms with E-state index in [0.29, 0.717) is 4.47 Å². The van der Waals surface area contributed by atoms with E-state index < -0.39 is 5.82 Å². The van der Waals surface area contributed by atoms with Crippen LogP contribution >= 0.6 is 15.9 Å². The Kier molecular flexibility index (Phi) is 1.88. The van der Waals surface area contributed by atoms with E-state index in [1.807, 2.05) is 0 Å². The zero-order valence-corrected chi connectivity index (χ0v) is 7.93. The van der Waals surface area contributed by atoms with E-state index in [1.54, 1.807) is 0 Å². The second kappa shape index (κ2) is 2.92. The SMILES string of the molecule is O=c1[nH]cnc2c(F)c(Br)ccc12. The minimum Gasteiger partial charge on any atom is -0.313 e. The molecule has 0 spiro atoms. The van der Waals surface area contributed by atoms with E-state index >= 15 is 0 Å². The minimum absolute atomic E-state index is 0.0816. The van der Waals surface area contributed by atoms with Gasteiger partial charge >= 0.3 is 0 Å². The average molecular weight is 243 g/mol. The molecule has 66 valence electrons. The second-order valence-electron chi connectivity index (χ2n) is 2.49. The van der Waals surface area contributed by atoms with Crippen molar-refractivity contribution in [2.75, 3.05) is 0 Å². The molecule has 1 heterocycles. The molecular weight excluding hydrogens is 239 g/mol. The van der Waals surface area contributed by atoms with Crippen molar-refractivity contribution in [1.29, 1.82) is 0 Å². The van der Waals surface area contributed by atoms with E-state index in [1.165, 1.54) is 18.5 Å². The molecule has 0 saturated heterocycles. The summed E-state index contributed by atoms with van der Waals surface area (Å²) in [6, 6.07) is 3.00. The topological polar surface area (TPSA) is 45.8 Å². The first kappa shape index (κ1) is 8.37. The number of aromatic nitrogens is 2. The third kappa shape index (κ3) is 1.25. The second-order valence-corrected chi connectivity index (χ2v) is 3.34. The Balaban J connectivity index is 3.03. The summed E-state index contributed by atoms with van der Waals surface area (Å²) < 4.78 is 13.6.